The van der Waals surface area contributed by atoms with Crippen molar-refractivity contribution in [1.82, 2.24) is 5.32 Å². The fraction of sp³-hybridized carbons (Fsp3) is 0.458. The highest BCUT2D eigenvalue weighted by atomic mass is 32.2. The molecule has 0 radical (unpaired) electrons. The highest BCUT2D eigenvalue weighted by molar-refractivity contribution is 7.92. The Morgan fingerprint density at radius 1 is 1.07 bits per heavy atom. The minimum absolute atomic E-state index is 0.196. The monoisotopic (exact) mass is 428 g/mol. The zero-order chi connectivity index (χ0) is 21.9. The Bertz CT molecular complexity index is 1000. The number of hydrogen-bond donors (Lipinski definition) is 1. The Labute approximate surface area is 180 Å². The van der Waals surface area contributed by atoms with Gasteiger partial charge in [0.15, 0.2) is 0 Å². The number of nitrogens with one attached hydrogen (secondary N) is 1. The second-order valence-electron chi connectivity index (χ2n) is 8.28. The average molecular weight is 429 g/mol. The van der Waals surface area contributed by atoms with E-state index in [4.69, 9.17) is 0 Å². The Kier molecular flexibility index (Phi) is 6.86. The first-order valence-corrected chi connectivity index (χ1v) is 12.5. The summed E-state index contributed by atoms with van der Waals surface area (Å²) in [5.74, 6) is -0.284. The number of fused-ring (bicyclic) bond motifs is 1. The minimum Gasteiger partial charge on any atom is -0.348 e. The fourth-order valence-corrected chi connectivity index (χ4v) is 5.38. The molecule has 1 aliphatic rings. The molecule has 1 N–H and O–H groups in total. The first-order valence-electron chi connectivity index (χ1n) is 10.7. The van der Waals surface area contributed by atoms with Crippen molar-refractivity contribution < 1.29 is 13.2 Å². The van der Waals surface area contributed by atoms with Gasteiger partial charge in [0.25, 0.3) is 0 Å². The van der Waals surface area contributed by atoms with E-state index in [-0.39, 0.29) is 11.9 Å². The number of aryl methyl sites for hydroxylation is 3. The summed E-state index contributed by atoms with van der Waals surface area (Å²) in [6.07, 6.45) is 6.16. The Morgan fingerprint density at radius 3 is 2.30 bits per heavy atom. The number of hydrogen-bond acceptors (Lipinski definition) is 3. The molecule has 2 aromatic carbocycles. The topological polar surface area (TPSA) is 66.5 Å². The summed E-state index contributed by atoms with van der Waals surface area (Å²) < 4.78 is 26.4. The predicted octanol–water partition coefficient (Wildman–Crippen LogP) is 4.30. The normalized spacial score (nSPS) is 15.7. The van der Waals surface area contributed by atoms with Crippen LogP contribution in [-0.4, -0.2) is 26.6 Å². The van der Waals surface area contributed by atoms with Gasteiger partial charge in [-0.05, 0) is 74.8 Å². The molecule has 0 aromatic heterocycles. The maximum Gasteiger partial charge on any atom is 0.244 e. The molecule has 0 spiro atoms. The largest absolute Gasteiger partial charge is 0.348 e. The summed E-state index contributed by atoms with van der Waals surface area (Å²) in [5, 5.41) is 3.04. The summed E-state index contributed by atoms with van der Waals surface area (Å²) in [7, 11) is -3.63. The van der Waals surface area contributed by atoms with Gasteiger partial charge in [-0.3, -0.25) is 9.10 Å². The van der Waals surface area contributed by atoms with Crippen LogP contribution in [0.5, 0.6) is 0 Å². The van der Waals surface area contributed by atoms with Gasteiger partial charge < -0.3 is 5.32 Å². The van der Waals surface area contributed by atoms with Crippen LogP contribution >= 0.6 is 0 Å². The summed E-state index contributed by atoms with van der Waals surface area (Å²) in [5.41, 5.74) is 5.36. The maximum atomic E-state index is 13.2. The molecule has 1 aliphatic carbocycles. The standard InChI is InChI=1S/C24H32N2O3S/c1-5-23(26(30(4,28)29)22-14-10-17(2)11-15-22)24(27)25-18(3)20-13-12-19-8-6-7-9-21(19)16-20/h10-16,18,23H,5-9H2,1-4H3,(H,25,27)/t18-,23-/m0/s1. The number of rotatable bonds is 7. The van der Waals surface area contributed by atoms with E-state index in [1.165, 1.54) is 28.3 Å². The molecule has 0 heterocycles. The third kappa shape index (κ3) is 5.04. The molecule has 0 fully saturated rings. The van der Waals surface area contributed by atoms with Gasteiger partial charge in [0.2, 0.25) is 15.9 Å². The van der Waals surface area contributed by atoms with Gasteiger partial charge in [-0.25, -0.2) is 8.42 Å². The van der Waals surface area contributed by atoms with Crippen LogP contribution in [-0.2, 0) is 27.7 Å². The Morgan fingerprint density at radius 2 is 1.70 bits per heavy atom. The van der Waals surface area contributed by atoms with E-state index >= 15 is 0 Å². The summed E-state index contributed by atoms with van der Waals surface area (Å²) in [6.45, 7) is 5.73. The maximum absolute atomic E-state index is 13.2. The molecule has 1 amide bonds. The van der Waals surface area contributed by atoms with Crippen LogP contribution in [0.2, 0.25) is 0 Å². The number of benzene rings is 2. The molecule has 30 heavy (non-hydrogen) atoms. The van der Waals surface area contributed by atoms with Crippen LogP contribution in [0.15, 0.2) is 42.5 Å². The molecule has 0 saturated carbocycles. The fourth-order valence-electron chi connectivity index (χ4n) is 4.17. The van der Waals surface area contributed by atoms with Crippen LogP contribution < -0.4 is 9.62 Å². The van der Waals surface area contributed by atoms with E-state index in [2.05, 4.69) is 23.5 Å². The van der Waals surface area contributed by atoms with Crippen LogP contribution in [0, 0.1) is 6.92 Å². The zero-order valence-electron chi connectivity index (χ0n) is 18.3. The van der Waals surface area contributed by atoms with Crippen molar-refractivity contribution in [2.75, 3.05) is 10.6 Å². The van der Waals surface area contributed by atoms with Gasteiger partial charge in [0, 0.05) is 0 Å². The van der Waals surface area contributed by atoms with Crippen molar-refractivity contribution in [1.29, 1.82) is 0 Å². The number of sulfonamides is 1. The van der Waals surface area contributed by atoms with Crippen LogP contribution in [0.3, 0.4) is 0 Å². The summed E-state index contributed by atoms with van der Waals surface area (Å²) >= 11 is 0. The summed E-state index contributed by atoms with van der Waals surface area (Å²) in [6, 6.07) is 12.6. The van der Waals surface area contributed by atoms with Gasteiger partial charge in [-0.1, -0.05) is 42.8 Å². The highest BCUT2D eigenvalue weighted by Gasteiger charge is 2.32. The Balaban J connectivity index is 1.82. The molecule has 3 rings (SSSR count). The minimum atomic E-state index is -3.63. The molecule has 0 bridgehead atoms. The molecule has 0 aliphatic heterocycles. The number of carbonyl (C=O) groups excluding carboxylic acids is 1. The van der Waals surface area contributed by atoms with E-state index in [1.807, 2.05) is 32.9 Å². The molecule has 2 atom stereocenters. The van der Waals surface area contributed by atoms with Crippen molar-refractivity contribution in [2.45, 2.75) is 65.0 Å². The van der Waals surface area contributed by atoms with E-state index in [0.29, 0.717) is 12.1 Å². The molecule has 0 unspecified atom stereocenters. The van der Waals surface area contributed by atoms with E-state index < -0.39 is 16.1 Å². The third-order valence-corrected chi connectivity index (χ3v) is 7.03. The number of carbonyl (C=O) groups is 1. The lowest BCUT2D eigenvalue weighted by molar-refractivity contribution is -0.122. The Hall–Kier alpha value is -2.34. The number of amides is 1. The van der Waals surface area contributed by atoms with Crippen molar-refractivity contribution in [2.24, 2.45) is 0 Å². The van der Waals surface area contributed by atoms with Crippen molar-refractivity contribution in [3.63, 3.8) is 0 Å². The molecular weight excluding hydrogens is 396 g/mol. The van der Waals surface area contributed by atoms with Gasteiger partial charge in [0.05, 0.1) is 18.0 Å². The predicted molar refractivity (Wildman–Crippen MR) is 122 cm³/mol. The number of nitrogens with zero attached hydrogens (tertiary/aromatic N) is 1. The van der Waals surface area contributed by atoms with Gasteiger partial charge in [-0.15, -0.1) is 0 Å². The van der Waals surface area contributed by atoms with Crippen molar-refractivity contribution >= 4 is 21.6 Å². The SMILES string of the molecule is CC[C@@H](C(=O)N[C@@H](C)c1ccc2c(c1)CCCC2)N(c1ccc(C)cc1)S(C)(=O)=O. The van der Waals surface area contributed by atoms with E-state index in [0.717, 1.165) is 30.2 Å². The molecule has 2 aromatic rings. The third-order valence-electron chi connectivity index (χ3n) is 5.85. The molecular formula is C24H32N2O3S. The van der Waals surface area contributed by atoms with Crippen LogP contribution in [0.1, 0.15) is 61.4 Å². The smallest absolute Gasteiger partial charge is 0.244 e. The average Bonchev–Trinajstić information content (AvgIpc) is 2.71. The van der Waals surface area contributed by atoms with Gasteiger partial charge in [-0.2, -0.15) is 0 Å². The van der Waals surface area contributed by atoms with Crippen molar-refractivity contribution in [3.05, 3.63) is 64.7 Å². The van der Waals surface area contributed by atoms with Crippen molar-refractivity contribution in [3.8, 4) is 0 Å². The quantitative estimate of drug-likeness (QED) is 0.715. The van der Waals surface area contributed by atoms with Gasteiger partial charge >= 0.3 is 0 Å². The molecule has 0 saturated heterocycles. The highest BCUT2D eigenvalue weighted by Crippen LogP contribution is 2.26. The first-order chi connectivity index (χ1) is 14.2. The first kappa shape index (κ1) is 22.3. The van der Waals surface area contributed by atoms with E-state index in [9.17, 15) is 13.2 Å². The van der Waals surface area contributed by atoms with Crippen LogP contribution in [0.25, 0.3) is 0 Å². The second kappa shape index (κ2) is 9.21. The molecule has 162 valence electrons. The molecule has 6 heteroatoms. The van der Waals surface area contributed by atoms with Gasteiger partial charge in [0.1, 0.15) is 6.04 Å². The lowest BCUT2D eigenvalue weighted by Gasteiger charge is -2.31. The summed E-state index contributed by atoms with van der Waals surface area (Å²) in [4.78, 5) is 13.2. The number of anilines is 1. The van der Waals surface area contributed by atoms with E-state index in [1.54, 1.807) is 12.1 Å². The zero-order valence-corrected chi connectivity index (χ0v) is 19.1. The van der Waals surface area contributed by atoms with Crippen LogP contribution in [0.4, 0.5) is 5.69 Å². The second-order valence-corrected chi connectivity index (χ2v) is 10.1. The lowest BCUT2D eigenvalue weighted by atomic mass is 9.89. The molecule has 5 nitrogen and oxygen atoms in total. The lowest BCUT2D eigenvalue weighted by Crippen LogP contribution is -2.49.